The number of pyridine rings is 1. The van der Waals surface area contributed by atoms with Crippen molar-refractivity contribution >= 4 is 23.1 Å². The van der Waals surface area contributed by atoms with Crippen LogP contribution in [0.4, 0.5) is 11.6 Å². The van der Waals surface area contributed by atoms with Crippen LogP contribution in [0.2, 0.25) is 0 Å². The number of amides is 1. The largest absolute Gasteiger partial charge is 0.382 e. The number of nitrogens with two attached hydrogens (primary N) is 1. The number of hydrogen-bond acceptors (Lipinski definition) is 6. The van der Waals surface area contributed by atoms with Crippen molar-refractivity contribution in [2.45, 2.75) is 25.7 Å². The molecule has 6 rings (SSSR count). The van der Waals surface area contributed by atoms with Gasteiger partial charge in [-0.15, -0.1) is 0 Å². The van der Waals surface area contributed by atoms with Gasteiger partial charge in [-0.25, -0.2) is 15.0 Å². The van der Waals surface area contributed by atoms with Gasteiger partial charge in [0.05, 0.1) is 13.2 Å². The van der Waals surface area contributed by atoms with Gasteiger partial charge < -0.3 is 15.8 Å². The van der Waals surface area contributed by atoms with Gasteiger partial charge in [-0.05, 0) is 48.1 Å². The van der Waals surface area contributed by atoms with Crippen molar-refractivity contribution in [2.24, 2.45) is 11.8 Å². The quantitative estimate of drug-likeness (QED) is 0.457. The van der Waals surface area contributed by atoms with Crippen molar-refractivity contribution in [1.82, 2.24) is 19.4 Å². The van der Waals surface area contributed by atoms with Crippen molar-refractivity contribution in [3.05, 3.63) is 71.9 Å². The van der Waals surface area contributed by atoms with Crippen molar-refractivity contribution in [3.63, 3.8) is 0 Å². The zero-order chi connectivity index (χ0) is 23.2. The van der Waals surface area contributed by atoms with E-state index in [0.29, 0.717) is 35.0 Å². The minimum absolute atomic E-state index is 0.199. The molecule has 8 heteroatoms. The van der Waals surface area contributed by atoms with Crippen LogP contribution in [0.25, 0.3) is 16.8 Å². The molecule has 0 radical (unpaired) electrons. The second-order valence-electron chi connectivity index (χ2n) is 9.07. The van der Waals surface area contributed by atoms with Crippen LogP contribution in [-0.4, -0.2) is 38.5 Å². The molecular formula is C26H26N6O2. The van der Waals surface area contributed by atoms with Crippen LogP contribution in [-0.2, 0) is 11.2 Å². The van der Waals surface area contributed by atoms with Crippen molar-refractivity contribution in [1.29, 1.82) is 0 Å². The molecule has 34 heavy (non-hydrogen) atoms. The summed E-state index contributed by atoms with van der Waals surface area (Å²) in [5.41, 5.74) is 10.5. The summed E-state index contributed by atoms with van der Waals surface area (Å²) in [5.74, 6) is 3.26. The first kappa shape index (κ1) is 20.8. The summed E-state index contributed by atoms with van der Waals surface area (Å²) in [7, 11) is 0. The highest BCUT2D eigenvalue weighted by molar-refractivity contribution is 6.04. The van der Waals surface area contributed by atoms with E-state index in [1.54, 1.807) is 24.5 Å². The summed E-state index contributed by atoms with van der Waals surface area (Å²) in [4.78, 5) is 26.4. The molecule has 4 aromatic rings. The zero-order valence-electron chi connectivity index (χ0n) is 18.9. The van der Waals surface area contributed by atoms with Crippen LogP contribution in [0.1, 0.15) is 41.0 Å². The molecule has 4 heterocycles. The van der Waals surface area contributed by atoms with Crippen LogP contribution in [0.3, 0.4) is 0 Å². The number of ether oxygens (including phenoxy) is 1. The Morgan fingerprint density at radius 1 is 1.15 bits per heavy atom. The summed E-state index contributed by atoms with van der Waals surface area (Å²) in [5, 5.41) is 2.89. The van der Waals surface area contributed by atoms with Crippen molar-refractivity contribution in [2.75, 3.05) is 24.3 Å². The van der Waals surface area contributed by atoms with Crippen LogP contribution >= 0.6 is 0 Å². The molecule has 1 aliphatic heterocycles. The fourth-order valence-electron chi connectivity index (χ4n) is 5.10. The molecular weight excluding hydrogens is 428 g/mol. The lowest BCUT2D eigenvalue weighted by Crippen LogP contribution is -2.13. The zero-order valence-corrected chi connectivity index (χ0v) is 18.9. The lowest BCUT2D eigenvalue weighted by molar-refractivity contribution is 0.102. The minimum Gasteiger partial charge on any atom is -0.382 e. The lowest BCUT2D eigenvalue weighted by Gasteiger charge is -2.07. The highest BCUT2D eigenvalue weighted by Gasteiger charge is 2.56. The first-order valence-electron chi connectivity index (χ1n) is 11.7. The predicted molar refractivity (Wildman–Crippen MR) is 130 cm³/mol. The molecule has 8 nitrogen and oxygen atoms in total. The van der Waals surface area contributed by atoms with Crippen LogP contribution < -0.4 is 11.1 Å². The van der Waals surface area contributed by atoms with E-state index in [-0.39, 0.29) is 5.91 Å². The monoisotopic (exact) mass is 454 g/mol. The second kappa shape index (κ2) is 8.22. The summed E-state index contributed by atoms with van der Waals surface area (Å²) in [6.07, 6.45) is 7.35. The first-order chi connectivity index (χ1) is 16.6. The number of rotatable bonds is 6. The van der Waals surface area contributed by atoms with Gasteiger partial charge in [0, 0.05) is 35.6 Å². The fourth-order valence-corrected chi connectivity index (χ4v) is 5.10. The summed E-state index contributed by atoms with van der Waals surface area (Å²) in [6.45, 7) is 3.71. The van der Waals surface area contributed by atoms with E-state index in [1.165, 1.54) is 0 Å². The maximum atomic E-state index is 12.8. The maximum absolute atomic E-state index is 12.8. The molecule has 2 fully saturated rings. The molecule has 3 aromatic heterocycles. The van der Waals surface area contributed by atoms with Gasteiger partial charge in [-0.1, -0.05) is 25.5 Å². The van der Waals surface area contributed by atoms with E-state index in [9.17, 15) is 4.79 Å². The van der Waals surface area contributed by atoms with Gasteiger partial charge in [-0.3, -0.25) is 9.20 Å². The van der Waals surface area contributed by atoms with E-state index in [4.69, 9.17) is 15.5 Å². The average molecular weight is 455 g/mol. The smallest absolute Gasteiger partial charge is 0.256 e. The molecule has 1 aromatic carbocycles. The summed E-state index contributed by atoms with van der Waals surface area (Å²) < 4.78 is 7.63. The molecule has 0 spiro atoms. The standard InChI is InChI=1S/C26H26N6O2/c1-2-3-15-8-9-28-20(12-15)30-26(33)17-6-4-16(5-7-17)22-23-24(27)29-10-11-32(23)25(31-22)21-18-13-34-14-19(18)21/h4-12,18-19,21H,2-3,13-14H2,1H3,(H2,27,29)(H,28,30,33)/t18-,19+,21+. The summed E-state index contributed by atoms with van der Waals surface area (Å²) in [6, 6.07) is 11.3. The van der Waals surface area contributed by atoms with Gasteiger partial charge in [0.1, 0.15) is 28.7 Å². The number of hydrogen-bond donors (Lipinski definition) is 2. The molecule has 0 unspecified atom stereocenters. The number of aryl methyl sites for hydroxylation is 1. The minimum atomic E-state index is -0.199. The molecule has 1 aliphatic carbocycles. The van der Waals surface area contributed by atoms with Gasteiger partial charge in [0.25, 0.3) is 5.91 Å². The van der Waals surface area contributed by atoms with Crippen LogP contribution in [0.5, 0.6) is 0 Å². The number of aromatic nitrogens is 4. The van der Waals surface area contributed by atoms with Gasteiger partial charge in [0.15, 0.2) is 0 Å². The molecule has 0 bridgehead atoms. The number of carbonyl (C=O) groups excluding carboxylic acids is 1. The number of imidazole rings is 1. The van der Waals surface area contributed by atoms with E-state index in [1.807, 2.05) is 30.5 Å². The molecule has 1 saturated heterocycles. The topological polar surface area (TPSA) is 107 Å². The SMILES string of the molecule is CCCc1ccnc(NC(=O)c2ccc(-c3nc([C@H]4[C@@H]5COC[C@@H]54)n4ccnc(N)c34)cc2)c1. The number of nitrogens with zero attached hydrogens (tertiary/aromatic N) is 4. The Kier molecular flexibility index (Phi) is 5.03. The number of nitrogen functional groups attached to an aromatic ring is 1. The van der Waals surface area contributed by atoms with E-state index >= 15 is 0 Å². The Hall–Kier alpha value is -3.78. The van der Waals surface area contributed by atoms with E-state index in [0.717, 1.165) is 54.2 Å². The maximum Gasteiger partial charge on any atom is 0.256 e. The lowest BCUT2D eigenvalue weighted by atomic mass is 10.1. The normalized spacial score (nSPS) is 20.9. The Bertz CT molecular complexity index is 1370. The number of nitrogens with one attached hydrogen (secondary N) is 1. The van der Waals surface area contributed by atoms with E-state index < -0.39 is 0 Å². The molecule has 172 valence electrons. The van der Waals surface area contributed by atoms with Crippen molar-refractivity contribution < 1.29 is 9.53 Å². The third kappa shape index (κ3) is 3.51. The predicted octanol–water partition coefficient (Wildman–Crippen LogP) is 3.94. The molecule has 3 atom stereocenters. The third-order valence-electron chi connectivity index (χ3n) is 6.89. The Balaban J connectivity index is 1.28. The Morgan fingerprint density at radius 2 is 1.94 bits per heavy atom. The molecule has 3 N–H and O–H groups in total. The number of anilines is 2. The summed E-state index contributed by atoms with van der Waals surface area (Å²) >= 11 is 0. The van der Waals surface area contributed by atoms with Crippen LogP contribution in [0, 0.1) is 11.8 Å². The van der Waals surface area contributed by atoms with Gasteiger partial charge >= 0.3 is 0 Å². The number of carbonyl (C=O) groups is 1. The highest BCUT2D eigenvalue weighted by atomic mass is 16.5. The van der Waals surface area contributed by atoms with Gasteiger partial charge in [-0.2, -0.15) is 0 Å². The van der Waals surface area contributed by atoms with Crippen LogP contribution in [0.15, 0.2) is 55.0 Å². The number of benzene rings is 1. The second-order valence-corrected chi connectivity index (χ2v) is 9.07. The van der Waals surface area contributed by atoms with Gasteiger partial charge in [0.2, 0.25) is 0 Å². The Labute approximate surface area is 197 Å². The Morgan fingerprint density at radius 3 is 2.71 bits per heavy atom. The fraction of sp³-hybridized carbons (Fsp3) is 0.308. The van der Waals surface area contributed by atoms with E-state index in [2.05, 4.69) is 26.6 Å². The molecule has 2 aliphatic rings. The van der Waals surface area contributed by atoms with Crippen molar-refractivity contribution in [3.8, 4) is 11.3 Å². The average Bonchev–Trinajstić information content (AvgIpc) is 3.17. The molecule has 1 amide bonds. The molecule has 1 saturated carbocycles. The number of fused-ring (bicyclic) bond motifs is 2. The highest BCUT2D eigenvalue weighted by Crippen LogP contribution is 2.57. The first-order valence-corrected chi connectivity index (χ1v) is 11.7. The third-order valence-corrected chi connectivity index (χ3v) is 6.89.